The van der Waals surface area contributed by atoms with Gasteiger partial charge < -0.3 is 4.74 Å². The maximum atomic E-state index is 12.1. The van der Waals surface area contributed by atoms with Crippen molar-refractivity contribution in [3.8, 4) is 5.75 Å². The number of nitrogens with two attached hydrogens (primary N) is 1. The first-order valence-corrected chi connectivity index (χ1v) is 9.68. The first-order valence-electron chi connectivity index (χ1n) is 7.76. The van der Waals surface area contributed by atoms with E-state index in [1.807, 2.05) is 18.2 Å². The van der Waals surface area contributed by atoms with Crippen molar-refractivity contribution < 1.29 is 22.7 Å². The van der Waals surface area contributed by atoms with Crippen molar-refractivity contribution in [2.24, 2.45) is 5.14 Å². The van der Waals surface area contributed by atoms with Crippen LogP contribution < -0.4 is 20.7 Å². The van der Waals surface area contributed by atoms with Crippen molar-refractivity contribution in [1.29, 1.82) is 0 Å². The molecule has 0 saturated carbocycles. The van der Waals surface area contributed by atoms with E-state index in [0.717, 1.165) is 11.6 Å². The summed E-state index contributed by atoms with van der Waals surface area (Å²) in [6.07, 6.45) is 0.534. The predicted octanol–water partition coefficient (Wildman–Crippen LogP) is 1.39. The quantitative estimate of drug-likeness (QED) is 0.619. The molecule has 27 heavy (non-hydrogen) atoms. The largest absolute Gasteiger partial charge is 0.496 e. The summed E-state index contributed by atoms with van der Waals surface area (Å²) in [5.41, 5.74) is 5.32. The van der Waals surface area contributed by atoms with Gasteiger partial charge in [-0.05, 0) is 36.2 Å². The number of halogens is 1. The van der Waals surface area contributed by atoms with Crippen LogP contribution in [0, 0.1) is 0 Å². The van der Waals surface area contributed by atoms with Crippen LogP contribution >= 0.6 is 11.6 Å². The number of hydrazine groups is 1. The van der Waals surface area contributed by atoms with Gasteiger partial charge in [0.1, 0.15) is 10.6 Å². The van der Waals surface area contributed by atoms with Crippen LogP contribution in [-0.2, 0) is 21.2 Å². The number of sulfonamides is 1. The minimum absolute atomic E-state index is 0.0200. The zero-order chi connectivity index (χ0) is 20.0. The average Bonchev–Trinajstić information content (AvgIpc) is 2.64. The molecular weight excluding hydrogens is 394 g/mol. The number of para-hydroxylation sites is 1. The number of ether oxygens (including phenoxy) is 1. The number of aryl methyl sites for hydroxylation is 1. The summed E-state index contributed by atoms with van der Waals surface area (Å²) < 4.78 is 28.1. The minimum atomic E-state index is -4.08. The number of carbonyl (C=O) groups excluding carboxylic acids is 2. The van der Waals surface area contributed by atoms with Crippen LogP contribution in [0.5, 0.6) is 5.75 Å². The molecule has 0 radical (unpaired) electrons. The van der Waals surface area contributed by atoms with Crippen molar-refractivity contribution in [2.75, 3.05) is 7.11 Å². The Morgan fingerprint density at radius 1 is 1.15 bits per heavy atom. The van der Waals surface area contributed by atoms with Gasteiger partial charge in [-0.2, -0.15) is 0 Å². The molecule has 0 aliphatic carbocycles. The standard InChI is InChI=1S/C17H18ClN3O5S/c1-26-14-5-3-2-4-11(14)7-9-16(22)20-21-17(23)12-6-8-13(18)15(10-12)27(19,24)25/h2-6,8,10H,7,9H2,1H3,(H,20,22)(H,21,23)(H2,19,24,25). The third-order valence-electron chi connectivity index (χ3n) is 3.63. The first-order chi connectivity index (χ1) is 12.7. The van der Waals surface area contributed by atoms with Gasteiger partial charge in [-0.25, -0.2) is 13.6 Å². The molecule has 0 heterocycles. The Bertz CT molecular complexity index is 963. The van der Waals surface area contributed by atoms with E-state index in [9.17, 15) is 18.0 Å². The monoisotopic (exact) mass is 411 g/mol. The molecule has 0 spiro atoms. The zero-order valence-electron chi connectivity index (χ0n) is 14.4. The molecular formula is C17H18ClN3O5S. The molecule has 0 aliphatic heterocycles. The fraction of sp³-hybridized carbons (Fsp3) is 0.176. The molecule has 2 aromatic rings. The number of rotatable bonds is 6. The molecule has 0 fully saturated rings. The molecule has 0 atom stereocenters. The summed E-state index contributed by atoms with van der Waals surface area (Å²) in [5, 5.41) is 4.94. The SMILES string of the molecule is COc1ccccc1CCC(=O)NNC(=O)c1ccc(Cl)c(S(N)(=O)=O)c1. The van der Waals surface area contributed by atoms with E-state index in [2.05, 4.69) is 10.9 Å². The number of methoxy groups -OCH3 is 1. The van der Waals surface area contributed by atoms with E-state index >= 15 is 0 Å². The highest BCUT2D eigenvalue weighted by molar-refractivity contribution is 7.89. The Morgan fingerprint density at radius 2 is 1.85 bits per heavy atom. The lowest BCUT2D eigenvalue weighted by Crippen LogP contribution is -2.41. The van der Waals surface area contributed by atoms with Gasteiger partial charge in [-0.15, -0.1) is 0 Å². The van der Waals surface area contributed by atoms with E-state index < -0.39 is 21.8 Å². The summed E-state index contributed by atoms with van der Waals surface area (Å²) in [4.78, 5) is 23.6. The van der Waals surface area contributed by atoms with Gasteiger partial charge in [0.25, 0.3) is 5.91 Å². The maximum Gasteiger partial charge on any atom is 0.269 e. The molecule has 2 rings (SSSR count). The number of benzene rings is 2. The number of hydrogen-bond donors (Lipinski definition) is 3. The van der Waals surface area contributed by atoms with Crippen LogP contribution in [0.3, 0.4) is 0 Å². The molecule has 8 nitrogen and oxygen atoms in total. The Kier molecular flexibility index (Phi) is 6.78. The highest BCUT2D eigenvalue weighted by Crippen LogP contribution is 2.21. The van der Waals surface area contributed by atoms with Gasteiger partial charge in [0.2, 0.25) is 15.9 Å². The summed E-state index contributed by atoms with van der Waals surface area (Å²) in [5.74, 6) is -0.455. The molecule has 2 aromatic carbocycles. The lowest BCUT2D eigenvalue weighted by Gasteiger charge is -2.10. The van der Waals surface area contributed by atoms with Crippen molar-refractivity contribution in [2.45, 2.75) is 17.7 Å². The van der Waals surface area contributed by atoms with Crippen molar-refractivity contribution in [3.05, 3.63) is 58.6 Å². The van der Waals surface area contributed by atoms with Gasteiger partial charge in [0.05, 0.1) is 12.1 Å². The van der Waals surface area contributed by atoms with E-state index in [-0.39, 0.29) is 21.9 Å². The third kappa shape index (κ3) is 5.68. The number of carbonyl (C=O) groups is 2. The second kappa shape index (κ2) is 8.85. The van der Waals surface area contributed by atoms with Crippen molar-refractivity contribution in [1.82, 2.24) is 10.9 Å². The fourth-order valence-corrected chi connectivity index (χ4v) is 3.35. The number of hydrogen-bond acceptors (Lipinski definition) is 5. The highest BCUT2D eigenvalue weighted by Gasteiger charge is 2.16. The summed E-state index contributed by atoms with van der Waals surface area (Å²) >= 11 is 5.77. The normalized spacial score (nSPS) is 10.9. The summed E-state index contributed by atoms with van der Waals surface area (Å²) in [6, 6.07) is 10.9. The van der Waals surface area contributed by atoms with E-state index in [4.69, 9.17) is 21.5 Å². The van der Waals surface area contributed by atoms with E-state index in [0.29, 0.717) is 12.2 Å². The topological polar surface area (TPSA) is 128 Å². The molecule has 10 heteroatoms. The molecule has 2 amide bonds. The predicted molar refractivity (Wildman–Crippen MR) is 99.7 cm³/mol. The second-order valence-electron chi connectivity index (χ2n) is 5.50. The summed E-state index contributed by atoms with van der Waals surface area (Å²) in [6.45, 7) is 0. The number of primary sulfonamides is 1. The number of nitrogens with one attached hydrogen (secondary N) is 2. The first kappa shape index (κ1) is 20.7. The molecule has 0 aliphatic rings. The van der Waals surface area contributed by atoms with Gasteiger partial charge in [0, 0.05) is 12.0 Å². The van der Waals surface area contributed by atoms with Gasteiger partial charge in [0.15, 0.2) is 0 Å². The molecule has 0 saturated heterocycles. The van der Waals surface area contributed by atoms with Crippen LogP contribution in [0.1, 0.15) is 22.3 Å². The van der Waals surface area contributed by atoms with Crippen LogP contribution in [0.2, 0.25) is 5.02 Å². The third-order valence-corrected chi connectivity index (χ3v) is 5.02. The lowest BCUT2D eigenvalue weighted by molar-refractivity contribution is -0.121. The van der Waals surface area contributed by atoms with Crippen LogP contribution in [0.4, 0.5) is 0 Å². The molecule has 0 aromatic heterocycles. The lowest BCUT2D eigenvalue weighted by atomic mass is 10.1. The molecule has 0 unspecified atom stereocenters. The fourth-order valence-electron chi connectivity index (χ4n) is 2.28. The maximum absolute atomic E-state index is 12.1. The molecule has 0 bridgehead atoms. The van der Waals surface area contributed by atoms with Gasteiger partial charge in [-0.3, -0.25) is 20.4 Å². The van der Waals surface area contributed by atoms with E-state index in [1.165, 1.54) is 12.1 Å². The van der Waals surface area contributed by atoms with Crippen LogP contribution in [0.25, 0.3) is 0 Å². The van der Waals surface area contributed by atoms with E-state index in [1.54, 1.807) is 13.2 Å². The van der Waals surface area contributed by atoms with Crippen LogP contribution in [-0.4, -0.2) is 27.3 Å². The average molecular weight is 412 g/mol. The van der Waals surface area contributed by atoms with Gasteiger partial charge in [-0.1, -0.05) is 29.8 Å². The highest BCUT2D eigenvalue weighted by atomic mass is 35.5. The number of amides is 2. The second-order valence-corrected chi connectivity index (χ2v) is 7.44. The van der Waals surface area contributed by atoms with Crippen molar-refractivity contribution in [3.63, 3.8) is 0 Å². The molecule has 4 N–H and O–H groups in total. The van der Waals surface area contributed by atoms with Crippen molar-refractivity contribution >= 4 is 33.4 Å². The Balaban J connectivity index is 1.94. The Hall–Kier alpha value is -2.62. The Labute approximate surface area is 161 Å². The zero-order valence-corrected chi connectivity index (χ0v) is 15.9. The Morgan fingerprint density at radius 3 is 2.52 bits per heavy atom. The molecule has 144 valence electrons. The van der Waals surface area contributed by atoms with Gasteiger partial charge >= 0.3 is 0 Å². The summed E-state index contributed by atoms with van der Waals surface area (Å²) in [7, 11) is -2.54. The van der Waals surface area contributed by atoms with Crippen LogP contribution in [0.15, 0.2) is 47.4 Å². The smallest absolute Gasteiger partial charge is 0.269 e. The minimum Gasteiger partial charge on any atom is -0.496 e.